The van der Waals surface area contributed by atoms with Crippen molar-refractivity contribution >= 4 is 50.0 Å². The van der Waals surface area contributed by atoms with Crippen LogP contribution in [0.5, 0.6) is 0 Å². The van der Waals surface area contributed by atoms with Crippen LogP contribution in [0, 0.1) is 0 Å². The lowest BCUT2D eigenvalue weighted by Gasteiger charge is -2.09. The number of rotatable bonds is 5. The summed E-state index contributed by atoms with van der Waals surface area (Å²) >= 11 is 0. The summed E-state index contributed by atoms with van der Waals surface area (Å²) in [6, 6.07) is 18.8. The second-order valence-corrected chi connectivity index (χ2v) is 8.08. The maximum Gasteiger partial charge on any atom is 0.294 e. The molecule has 7 heteroatoms. The van der Waals surface area contributed by atoms with Gasteiger partial charge in [-0.15, -0.1) is 0 Å². The number of nitrogens with one attached hydrogen (secondary N) is 2. The minimum atomic E-state index is -1.44. The molecule has 0 aliphatic carbocycles. The highest BCUT2D eigenvalue weighted by Crippen LogP contribution is 2.25. The number of carbonyl (C=O) groups excluding carboxylic acids is 2. The SMILES string of the molecule is CN(C)C(=O)C(=O)c1c[nH]c2cc(NS(=O)c3ccc4ccccc4c3)ccc12. The fraction of sp³-hybridized carbons (Fsp3) is 0.0909. The minimum absolute atomic E-state index is 0.320. The van der Waals surface area contributed by atoms with Crippen LogP contribution in [0.1, 0.15) is 10.4 Å². The van der Waals surface area contributed by atoms with Gasteiger partial charge in [0.1, 0.15) is 11.0 Å². The lowest BCUT2D eigenvalue weighted by Crippen LogP contribution is -2.29. The maximum atomic E-state index is 12.8. The van der Waals surface area contributed by atoms with Crippen LogP contribution >= 0.6 is 0 Å². The van der Waals surface area contributed by atoms with Crippen LogP contribution in [0.25, 0.3) is 21.7 Å². The van der Waals surface area contributed by atoms with Crippen LogP contribution in [-0.4, -0.2) is 39.9 Å². The highest BCUT2D eigenvalue weighted by molar-refractivity contribution is 7.86. The standard InChI is InChI=1S/C22H19N3O3S/c1-25(2)22(27)21(26)19-13-23-20-12-16(8-10-18(19)20)24-29(28)17-9-7-14-5-3-4-6-15(14)11-17/h3-13,23-24H,1-2H3. The molecule has 1 amide bonds. The van der Waals surface area contributed by atoms with Gasteiger partial charge in [-0.3, -0.25) is 9.59 Å². The molecule has 0 spiro atoms. The summed E-state index contributed by atoms with van der Waals surface area (Å²) in [6.45, 7) is 0. The van der Waals surface area contributed by atoms with Gasteiger partial charge in [-0.1, -0.05) is 36.4 Å². The van der Waals surface area contributed by atoms with Crippen LogP contribution in [0.2, 0.25) is 0 Å². The first-order chi connectivity index (χ1) is 13.9. The fourth-order valence-electron chi connectivity index (χ4n) is 3.14. The first kappa shape index (κ1) is 18.9. The van der Waals surface area contributed by atoms with Crippen molar-refractivity contribution in [2.75, 3.05) is 18.8 Å². The third-order valence-corrected chi connectivity index (χ3v) is 5.78. The summed E-state index contributed by atoms with van der Waals surface area (Å²) in [5, 5.41) is 2.76. The van der Waals surface area contributed by atoms with Gasteiger partial charge in [-0.2, -0.15) is 0 Å². The number of likely N-dealkylation sites (N-methyl/N-ethyl adjacent to an activating group) is 1. The Balaban J connectivity index is 1.59. The Bertz CT molecular complexity index is 1280. The molecule has 4 rings (SSSR count). The normalized spacial score (nSPS) is 12.1. The Hall–Kier alpha value is -3.45. The molecular formula is C22H19N3O3S. The highest BCUT2D eigenvalue weighted by Gasteiger charge is 2.21. The maximum absolute atomic E-state index is 12.8. The van der Waals surface area contributed by atoms with Gasteiger partial charge in [0.25, 0.3) is 11.7 Å². The van der Waals surface area contributed by atoms with Gasteiger partial charge in [0, 0.05) is 36.9 Å². The van der Waals surface area contributed by atoms with Crippen molar-refractivity contribution in [3.05, 3.63) is 72.4 Å². The predicted octanol–water partition coefficient (Wildman–Crippen LogP) is 3.73. The molecule has 3 aromatic carbocycles. The minimum Gasteiger partial charge on any atom is -0.360 e. The van der Waals surface area contributed by atoms with Gasteiger partial charge in [-0.25, -0.2) is 4.21 Å². The Morgan fingerprint density at radius 2 is 1.72 bits per heavy atom. The zero-order valence-corrected chi connectivity index (χ0v) is 16.7. The van der Waals surface area contributed by atoms with Crippen molar-refractivity contribution in [3.8, 4) is 0 Å². The van der Waals surface area contributed by atoms with E-state index >= 15 is 0 Å². The number of amides is 1. The lowest BCUT2D eigenvalue weighted by atomic mass is 10.1. The van der Waals surface area contributed by atoms with Crippen molar-refractivity contribution in [1.29, 1.82) is 0 Å². The molecule has 0 fully saturated rings. The van der Waals surface area contributed by atoms with Crippen molar-refractivity contribution in [3.63, 3.8) is 0 Å². The van der Waals surface area contributed by atoms with E-state index in [2.05, 4.69) is 9.71 Å². The summed E-state index contributed by atoms with van der Waals surface area (Å²) in [7, 11) is 1.64. The second kappa shape index (κ2) is 7.52. The Labute approximate surface area is 170 Å². The number of anilines is 1. The van der Waals surface area contributed by atoms with Gasteiger partial charge in [0.05, 0.1) is 10.5 Å². The summed E-state index contributed by atoms with van der Waals surface area (Å²) in [5.41, 5.74) is 1.64. The molecule has 0 aliphatic heterocycles. The van der Waals surface area contributed by atoms with Crippen LogP contribution in [0.3, 0.4) is 0 Å². The van der Waals surface area contributed by atoms with Gasteiger partial charge < -0.3 is 14.6 Å². The molecule has 0 saturated carbocycles. The van der Waals surface area contributed by atoms with Crippen LogP contribution < -0.4 is 4.72 Å². The molecule has 0 aliphatic rings. The van der Waals surface area contributed by atoms with Crippen LogP contribution in [0.4, 0.5) is 5.69 Å². The van der Waals surface area contributed by atoms with Gasteiger partial charge in [0.15, 0.2) is 0 Å². The largest absolute Gasteiger partial charge is 0.360 e. The van der Waals surface area contributed by atoms with Crippen molar-refractivity contribution in [2.24, 2.45) is 0 Å². The van der Waals surface area contributed by atoms with Gasteiger partial charge in [-0.05, 0) is 35.0 Å². The molecule has 29 heavy (non-hydrogen) atoms. The number of benzene rings is 3. The number of Topliss-reactive ketones (excluding diaryl/α,β-unsaturated/α-hetero) is 1. The van der Waals surface area contributed by atoms with E-state index in [9.17, 15) is 13.8 Å². The van der Waals surface area contributed by atoms with E-state index in [1.165, 1.54) is 11.1 Å². The zero-order valence-electron chi connectivity index (χ0n) is 15.9. The van der Waals surface area contributed by atoms with Gasteiger partial charge in [0.2, 0.25) is 0 Å². The summed E-state index contributed by atoms with van der Waals surface area (Å²) in [6.07, 6.45) is 1.53. The average molecular weight is 405 g/mol. The number of hydrogen-bond donors (Lipinski definition) is 2. The molecule has 6 nitrogen and oxygen atoms in total. The number of hydrogen-bond acceptors (Lipinski definition) is 3. The first-order valence-corrected chi connectivity index (χ1v) is 10.1. The fourth-order valence-corrected chi connectivity index (χ4v) is 4.03. The number of ketones is 1. The monoisotopic (exact) mass is 405 g/mol. The predicted molar refractivity (Wildman–Crippen MR) is 115 cm³/mol. The number of H-pyrrole nitrogens is 1. The molecule has 1 heterocycles. The van der Waals surface area contributed by atoms with Crippen LogP contribution in [-0.2, 0) is 15.8 Å². The van der Waals surface area contributed by atoms with E-state index in [1.54, 1.807) is 32.3 Å². The van der Waals surface area contributed by atoms with Crippen molar-refractivity contribution < 1.29 is 13.8 Å². The molecule has 1 atom stereocenters. The Morgan fingerprint density at radius 3 is 2.48 bits per heavy atom. The number of nitrogens with zero attached hydrogens (tertiary/aromatic N) is 1. The third-order valence-electron chi connectivity index (χ3n) is 4.67. The topological polar surface area (TPSA) is 82.3 Å². The number of carbonyl (C=O) groups is 2. The number of aromatic amines is 1. The lowest BCUT2D eigenvalue weighted by molar-refractivity contribution is -0.124. The number of fused-ring (bicyclic) bond motifs is 2. The third kappa shape index (κ3) is 3.64. The van der Waals surface area contributed by atoms with E-state index in [1.807, 2.05) is 42.5 Å². The molecule has 0 bridgehead atoms. The van der Waals surface area contributed by atoms with Gasteiger partial charge >= 0.3 is 0 Å². The molecule has 2 N–H and O–H groups in total. The number of aromatic nitrogens is 1. The Kier molecular flexibility index (Phi) is 4.90. The van der Waals surface area contributed by atoms with Crippen molar-refractivity contribution in [1.82, 2.24) is 9.88 Å². The quantitative estimate of drug-likeness (QED) is 0.392. The second-order valence-electron chi connectivity index (χ2n) is 6.87. The summed E-state index contributed by atoms with van der Waals surface area (Å²) in [5.74, 6) is -1.15. The highest BCUT2D eigenvalue weighted by atomic mass is 32.2. The summed E-state index contributed by atoms with van der Waals surface area (Å²) in [4.78, 5) is 29.2. The summed E-state index contributed by atoms with van der Waals surface area (Å²) < 4.78 is 15.7. The molecular weight excluding hydrogens is 386 g/mol. The zero-order chi connectivity index (χ0) is 20.5. The first-order valence-electron chi connectivity index (χ1n) is 8.98. The van der Waals surface area contributed by atoms with Crippen LogP contribution in [0.15, 0.2) is 71.8 Å². The van der Waals surface area contributed by atoms with E-state index in [0.717, 1.165) is 10.8 Å². The average Bonchev–Trinajstić information content (AvgIpc) is 3.15. The molecule has 4 aromatic rings. The molecule has 146 valence electrons. The molecule has 0 saturated heterocycles. The molecule has 1 unspecified atom stereocenters. The Morgan fingerprint density at radius 1 is 0.966 bits per heavy atom. The van der Waals surface area contributed by atoms with E-state index in [0.29, 0.717) is 27.0 Å². The van der Waals surface area contributed by atoms with E-state index < -0.39 is 22.7 Å². The van der Waals surface area contributed by atoms with E-state index in [-0.39, 0.29) is 0 Å². The van der Waals surface area contributed by atoms with E-state index in [4.69, 9.17) is 0 Å². The van der Waals surface area contributed by atoms with Crippen molar-refractivity contribution in [2.45, 2.75) is 4.90 Å². The molecule has 1 aromatic heterocycles. The smallest absolute Gasteiger partial charge is 0.294 e. The molecule has 0 radical (unpaired) electrons.